The fraction of sp³-hybridized carbons (Fsp3) is 0.179. The number of carbonyl (C=O) groups is 2. The molecule has 5 aromatic carbocycles. The van der Waals surface area contributed by atoms with Crippen LogP contribution in [-0.4, -0.2) is 28.4 Å². The van der Waals surface area contributed by atoms with Crippen LogP contribution in [0.5, 0.6) is 5.75 Å². The summed E-state index contributed by atoms with van der Waals surface area (Å²) in [5, 5.41) is 9.44. The summed E-state index contributed by atoms with van der Waals surface area (Å²) in [5.74, 6) is -0.333. The molecule has 0 saturated heterocycles. The van der Waals surface area contributed by atoms with Crippen LogP contribution in [0.3, 0.4) is 0 Å². The monoisotopic (exact) mass is 583 g/mol. The van der Waals surface area contributed by atoms with Gasteiger partial charge in [-0.25, -0.2) is 0 Å². The standard InChI is InChI=1S/C39H37NO4/c1-29-16-18-31(19-17-29)27-40(25-24-38(41)42)39(43)36-23-22-33(26-34(36)21-20-30-10-4-2-5-11-30)35-14-8-9-15-37(35)44-28-32-12-6-3-7-13-32/h2-19,22-23,26H,20-21,24-25,27-28H2,1H3,(H,41,42). The first-order valence-corrected chi connectivity index (χ1v) is 15.0. The van der Waals surface area contributed by atoms with Gasteiger partial charge in [-0.1, -0.05) is 121 Å². The second kappa shape index (κ2) is 14.8. The molecular formula is C39H37NO4. The van der Waals surface area contributed by atoms with E-state index in [4.69, 9.17) is 4.74 Å². The van der Waals surface area contributed by atoms with Gasteiger partial charge in [-0.15, -0.1) is 0 Å². The molecule has 0 atom stereocenters. The first-order chi connectivity index (χ1) is 21.5. The van der Waals surface area contributed by atoms with Crippen molar-refractivity contribution in [2.24, 2.45) is 0 Å². The number of aliphatic carboxylic acids is 1. The fourth-order valence-electron chi connectivity index (χ4n) is 5.23. The molecule has 0 radical (unpaired) electrons. The van der Waals surface area contributed by atoms with Crippen LogP contribution < -0.4 is 4.74 Å². The van der Waals surface area contributed by atoms with Gasteiger partial charge in [0.15, 0.2) is 0 Å². The van der Waals surface area contributed by atoms with Crippen molar-refractivity contribution in [3.8, 4) is 16.9 Å². The van der Waals surface area contributed by atoms with Crippen molar-refractivity contribution in [1.29, 1.82) is 0 Å². The van der Waals surface area contributed by atoms with Gasteiger partial charge >= 0.3 is 5.97 Å². The third-order valence-electron chi connectivity index (χ3n) is 7.67. The molecule has 0 unspecified atom stereocenters. The minimum Gasteiger partial charge on any atom is -0.488 e. The van der Waals surface area contributed by atoms with Crippen LogP contribution >= 0.6 is 0 Å². The highest BCUT2D eigenvalue weighted by Gasteiger charge is 2.21. The largest absolute Gasteiger partial charge is 0.488 e. The van der Waals surface area contributed by atoms with E-state index in [0.29, 0.717) is 25.1 Å². The maximum atomic E-state index is 14.1. The molecule has 5 heteroatoms. The summed E-state index contributed by atoms with van der Waals surface area (Å²) in [6, 6.07) is 42.2. The van der Waals surface area contributed by atoms with Crippen LogP contribution in [0.15, 0.2) is 127 Å². The maximum absolute atomic E-state index is 14.1. The molecule has 0 saturated carbocycles. The van der Waals surface area contributed by atoms with E-state index in [1.807, 2.05) is 116 Å². The van der Waals surface area contributed by atoms with Crippen molar-refractivity contribution < 1.29 is 19.4 Å². The lowest BCUT2D eigenvalue weighted by Crippen LogP contribution is -2.33. The molecule has 44 heavy (non-hydrogen) atoms. The van der Waals surface area contributed by atoms with Crippen LogP contribution in [0.2, 0.25) is 0 Å². The summed E-state index contributed by atoms with van der Waals surface area (Å²) < 4.78 is 6.26. The normalized spacial score (nSPS) is 10.8. The van der Waals surface area contributed by atoms with Crippen molar-refractivity contribution in [3.05, 3.63) is 161 Å². The van der Waals surface area contributed by atoms with E-state index in [1.54, 1.807) is 4.90 Å². The Balaban J connectivity index is 1.48. The van der Waals surface area contributed by atoms with Gasteiger partial charge in [-0.3, -0.25) is 9.59 Å². The van der Waals surface area contributed by atoms with Gasteiger partial charge in [0.25, 0.3) is 5.91 Å². The Morgan fingerprint density at radius 3 is 2.07 bits per heavy atom. The summed E-state index contributed by atoms with van der Waals surface area (Å²) in [7, 11) is 0. The van der Waals surface area contributed by atoms with E-state index in [2.05, 4.69) is 18.2 Å². The van der Waals surface area contributed by atoms with Crippen molar-refractivity contribution in [2.75, 3.05) is 6.54 Å². The van der Waals surface area contributed by atoms with Crippen LogP contribution in [-0.2, 0) is 30.8 Å². The summed E-state index contributed by atoms with van der Waals surface area (Å²) in [5.41, 5.74) is 7.77. The average Bonchev–Trinajstić information content (AvgIpc) is 3.06. The Hall–Kier alpha value is -5.16. The van der Waals surface area contributed by atoms with Crippen LogP contribution in [0, 0.1) is 6.92 Å². The van der Waals surface area contributed by atoms with Crippen LogP contribution in [0.1, 0.15) is 44.6 Å². The van der Waals surface area contributed by atoms with Gasteiger partial charge in [0.05, 0.1) is 6.42 Å². The Bertz CT molecular complexity index is 1680. The van der Waals surface area contributed by atoms with E-state index in [9.17, 15) is 14.7 Å². The Kier molecular flexibility index (Phi) is 10.2. The van der Waals surface area contributed by atoms with Gasteiger partial charge < -0.3 is 14.7 Å². The van der Waals surface area contributed by atoms with E-state index < -0.39 is 5.97 Å². The van der Waals surface area contributed by atoms with Crippen molar-refractivity contribution in [3.63, 3.8) is 0 Å². The van der Waals surface area contributed by atoms with E-state index in [1.165, 1.54) is 5.56 Å². The van der Waals surface area contributed by atoms with Gasteiger partial charge in [0, 0.05) is 24.2 Å². The number of carboxylic acid groups (broad SMARTS) is 1. The SMILES string of the molecule is Cc1ccc(CN(CCC(=O)O)C(=O)c2ccc(-c3ccccc3OCc3ccccc3)cc2CCc2ccccc2)cc1. The number of hydrogen-bond donors (Lipinski definition) is 1. The molecule has 5 aromatic rings. The quantitative estimate of drug-likeness (QED) is 0.152. The number of rotatable bonds is 13. The van der Waals surface area contributed by atoms with E-state index >= 15 is 0 Å². The predicted molar refractivity (Wildman–Crippen MR) is 175 cm³/mol. The van der Waals surface area contributed by atoms with Gasteiger partial charge in [0.1, 0.15) is 12.4 Å². The van der Waals surface area contributed by atoms with Gasteiger partial charge in [0.2, 0.25) is 0 Å². The highest BCUT2D eigenvalue weighted by Crippen LogP contribution is 2.33. The number of hydrogen-bond acceptors (Lipinski definition) is 3. The summed E-state index contributed by atoms with van der Waals surface area (Å²) in [6.45, 7) is 2.93. The Morgan fingerprint density at radius 1 is 0.705 bits per heavy atom. The highest BCUT2D eigenvalue weighted by molar-refractivity contribution is 5.96. The minimum absolute atomic E-state index is 0.123. The average molecular weight is 584 g/mol. The van der Waals surface area contributed by atoms with Gasteiger partial charge in [-0.2, -0.15) is 0 Å². The molecule has 0 aliphatic heterocycles. The number of nitrogens with zero attached hydrogens (tertiary/aromatic N) is 1. The van der Waals surface area contributed by atoms with E-state index in [-0.39, 0.29) is 18.9 Å². The van der Waals surface area contributed by atoms with Gasteiger partial charge in [-0.05, 0) is 59.7 Å². The topological polar surface area (TPSA) is 66.8 Å². The molecule has 0 aliphatic carbocycles. The number of benzene rings is 5. The lowest BCUT2D eigenvalue weighted by atomic mass is 9.94. The zero-order valence-corrected chi connectivity index (χ0v) is 25.0. The third kappa shape index (κ3) is 8.23. The number of carboxylic acids is 1. The zero-order chi connectivity index (χ0) is 30.7. The molecular weight excluding hydrogens is 546 g/mol. The van der Waals surface area contributed by atoms with Crippen molar-refractivity contribution in [2.45, 2.75) is 39.3 Å². The number of amides is 1. The minimum atomic E-state index is -0.932. The lowest BCUT2D eigenvalue weighted by Gasteiger charge is -2.24. The number of carbonyl (C=O) groups excluding carboxylic acids is 1. The molecule has 0 fully saturated rings. The Morgan fingerprint density at radius 2 is 1.36 bits per heavy atom. The molecule has 0 spiro atoms. The molecule has 1 amide bonds. The molecule has 0 bridgehead atoms. The molecule has 5 nitrogen and oxygen atoms in total. The smallest absolute Gasteiger partial charge is 0.305 e. The second-order valence-electron chi connectivity index (χ2n) is 11.0. The predicted octanol–water partition coefficient (Wildman–Crippen LogP) is 8.14. The molecule has 5 rings (SSSR count). The third-order valence-corrected chi connectivity index (χ3v) is 7.67. The fourth-order valence-corrected chi connectivity index (χ4v) is 5.23. The number of ether oxygens (including phenoxy) is 1. The number of aryl methyl sites for hydroxylation is 3. The van der Waals surface area contributed by atoms with Crippen molar-refractivity contribution in [1.82, 2.24) is 4.90 Å². The molecule has 0 aromatic heterocycles. The zero-order valence-electron chi connectivity index (χ0n) is 25.0. The summed E-state index contributed by atoms with van der Waals surface area (Å²) in [6.07, 6.45) is 1.30. The lowest BCUT2D eigenvalue weighted by molar-refractivity contribution is -0.137. The highest BCUT2D eigenvalue weighted by atomic mass is 16.5. The molecule has 1 N–H and O–H groups in total. The molecule has 0 aliphatic rings. The Labute approximate surface area is 259 Å². The summed E-state index contributed by atoms with van der Waals surface area (Å²) in [4.78, 5) is 27.3. The second-order valence-corrected chi connectivity index (χ2v) is 11.0. The van der Waals surface area contributed by atoms with Crippen LogP contribution in [0.25, 0.3) is 11.1 Å². The maximum Gasteiger partial charge on any atom is 0.305 e. The van der Waals surface area contributed by atoms with Crippen molar-refractivity contribution >= 4 is 11.9 Å². The first kappa shape index (κ1) is 30.3. The number of para-hydroxylation sites is 1. The van der Waals surface area contributed by atoms with E-state index in [0.717, 1.165) is 45.6 Å². The molecule has 0 heterocycles. The summed E-state index contributed by atoms with van der Waals surface area (Å²) >= 11 is 0. The van der Waals surface area contributed by atoms with Crippen LogP contribution in [0.4, 0.5) is 0 Å². The first-order valence-electron chi connectivity index (χ1n) is 15.0. The molecule has 222 valence electrons.